The van der Waals surface area contributed by atoms with Crippen LogP contribution in [0, 0.1) is 0 Å². The number of methoxy groups -OCH3 is 1. The monoisotopic (exact) mass is 456 g/mol. The van der Waals surface area contributed by atoms with Crippen molar-refractivity contribution in [2.24, 2.45) is 4.99 Å². The van der Waals surface area contributed by atoms with E-state index in [0.29, 0.717) is 12.0 Å². The number of aliphatic carboxylic acids is 1. The number of hydrogen-bond acceptors (Lipinski definition) is 5. The standard InChI is InChI=1S/C26H36N2O5/c1-8-9-10-19-15-18-16-20(32-7)12-13-21(18)23(28(19)25(31)33-26(3,4)5)17(2)11-14-22(27-6)24(29)30/h11-14,16,19,23H,2,8-10,15H2,1,3-7H3,(H,29,30)/b14-11-,27-22?/t19-,23-/m0/s1. The van der Waals surface area contributed by atoms with Gasteiger partial charge in [0.1, 0.15) is 17.1 Å². The molecule has 33 heavy (non-hydrogen) atoms. The van der Waals surface area contributed by atoms with Gasteiger partial charge in [-0.3, -0.25) is 9.89 Å². The van der Waals surface area contributed by atoms with E-state index in [4.69, 9.17) is 9.47 Å². The van der Waals surface area contributed by atoms with Gasteiger partial charge in [0.15, 0.2) is 0 Å². The summed E-state index contributed by atoms with van der Waals surface area (Å²) in [6, 6.07) is 5.21. The zero-order chi connectivity index (χ0) is 24.8. The Kier molecular flexibility index (Phi) is 8.85. The molecule has 0 bridgehead atoms. The van der Waals surface area contributed by atoms with E-state index in [-0.39, 0.29) is 11.8 Å². The number of carbonyl (C=O) groups excluding carboxylic acids is 1. The summed E-state index contributed by atoms with van der Waals surface area (Å²) in [6.45, 7) is 11.9. The molecule has 2 atom stereocenters. The van der Waals surface area contributed by atoms with Gasteiger partial charge in [-0.25, -0.2) is 9.59 Å². The minimum atomic E-state index is -1.12. The molecule has 0 radical (unpaired) electrons. The molecule has 1 aromatic rings. The van der Waals surface area contributed by atoms with Gasteiger partial charge in [0.05, 0.1) is 13.2 Å². The molecule has 1 aliphatic rings. The van der Waals surface area contributed by atoms with E-state index >= 15 is 0 Å². The van der Waals surface area contributed by atoms with Crippen LogP contribution in [0.15, 0.2) is 47.5 Å². The Morgan fingerprint density at radius 1 is 1.30 bits per heavy atom. The average molecular weight is 457 g/mol. The maximum atomic E-state index is 13.4. The first-order chi connectivity index (χ1) is 15.5. The molecule has 1 amide bonds. The Hall–Kier alpha value is -3.09. The van der Waals surface area contributed by atoms with Crippen molar-refractivity contribution in [2.45, 2.75) is 71.1 Å². The third kappa shape index (κ3) is 6.70. The maximum absolute atomic E-state index is 13.4. The van der Waals surface area contributed by atoms with Gasteiger partial charge in [-0.15, -0.1) is 0 Å². The first-order valence-electron chi connectivity index (χ1n) is 11.3. The zero-order valence-corrected chi connectivity index (χ0v) is 20.6. The Morgan fingerprint density at radius 3 is 2.55 bits per heavy atom. The van der Waals surface area contributed by atoms with Crippen molar-refractivity contribution in [2.75, 3.05) is 14.2 Å². The molecule has 0 unspecified atom stereocenters. The largest absolute Gasteiger partial charge is 0.497 e. The molecule has 2 rings (SSSR count). The highest BCUT2D eigenvalue weighted by molar-refractivity contribution is 6.40. The summed E-state index contributed by atoms with van der Waals surface area (Å²) in [5.41, 5.74) is 1.84. The highest BCUT2D eigenvalue weighted by atomic mass is 16.6. The SMILES string of the molecule is C=C(/C=C\C(=NC)C(=O)O)[C@H]1c2ccc(OC)cc2C[C@H](CCCC)N1C(=O)OC(C)(C)C. The summed E-state index contributed by atoms with van der Waals surface area (Å²) in [6.07, 6.45) is 6.08. The van der Waals surface area contributed by atoms with Crippen LogP contribution in [0.25, 0.3) is 0 Å². The van der Waals surface area contributed by atoms with Gasteiger partial charge < -0.3 is 14.6 Å². The summed E-state index contributed by atoms with van der Waals surface area (Å²) in [5, 5.41) is 9.31. The molecular formula is C26H36N2O5. The van der Waals surface area contributed by atoms with E-state index in [9.17, 15) is 14.7 Å². The van der Waals surface area contributed by atoms with Crippen molar-refractivity contribution in [1.82, 2.24) is 4.90 Å². The fraction of sp³-hybridized carbons (Fsp3) is 0.500. The third-order valence-corrected chi connectivity index (χ3v) is 5.53. The number of unbranched alkanes of at least 4 members (excludes halogenated alkanes) is 1. The lowest BCUT2D eigenvalue weighted by molar-refractivity contribution is -0.129. The van der Waals surface area contributed by atoms with Gasteiger partial charge >= 0.3 is 12.1 Å². The van der Waals surface area contributed by atoms with Crippen LogP contribution in [0.5, 0.6) is 5.75 Å². The zero-order valence-electron chi connectivity index (χ0n) is 20.6. The summed E-state index contributed by atoms with van der Waals surface area (Å²) < 4.78 is 11.2. The number of fused-ring (bicyclic) bond motifs is 1. The molecule has 0 saturated heterocycles. The topological polar surface area (TPSA) is 88.4 Å². The molecule has 0 fully saturated rings. The summed E-state index contributed by atoms with van der Waals surface area (Å²) in [4.78, 5) is 30.4. The first kappa shape index (κ1) is 26.2. The minimum absolute atomic E-state index is 0.0895. The lowest BCUT2D eigenvalue weighted by Crippen LogP contribution is -2.49. The third-order valence-electron chi connectivity index (χ3n) is 5.53. The smallest absolute Gasteiger partial charge is 0.411 e. The van der Waals surface area contributed by atoms with E-state index in [1.807, 2.05) is 39.0 Å². The predicted molar refractivity (Wildman–Crippen MR) is 130 cm³/mol. The lowest BCUT2D eigenvalue weighted by Gasteiger charge is -2.44. The molecule has 1 aliphatic heterocycles. The van der Waals surface area contributed by atoms with Crippen LogP contribution in [0.4, 0.5) is 4.79 Å². The van der Waals surface area contributed by atoms with E-state index < -0.39 is 23.7 Å². The van der Waals surface area contributed by atoms with E-state index in [0.717, 1.165) is 36.1 Å². The van der Waals surface area contributed by atoms with E-state index in [2.05, 4.69) is 18.5 Å². The molecule has 0 spiro atoms. The van der Waals surface area contributed by atoms with Gasteiger partial charge in [0.2, 0.25) is 0 Å². The van der Waals surface area contributed by atoms with Gasteiger partial charge in [-0.05, 0) is 68.5 Å². The first-order valence-corrected chi connectivity index (χ1v) is 11.3. The molecule has 0 aromatic heterocycles. The highest BCUT2D eigenvalue weighted by Crippen LogP contribution is 2.41. The number of nitrogens with zero attached hydrogens (tertiary/aromatic N) is 2. The molecule has 1 aromatic carbocycles. The van der Waals surface area contributed by atoms with Crippen LogP contribution in [0.1, 0.15) is 64.1 Å². The Bertz CT molecular complexity index is 942. The van der Waals surface area contributed by atoms with Gasteiger partial charge in [-0.1, -0.05) is 38.5 Å². The normalized spacial score (nSPS) is 18.7. The number of benzene rings is 1. The van der Waals surface area contributed by atoms with Gasteiger partial charge in [0, 0.05) is 13.1 Å². The van der Waals surface area contributed by atoms with Gasteiger partial charge in [-0.2, -0.15) is 0 Å². The van der Waals surface area contributed by atoms with Gasteiger partial charge in [0.25, 0.3) is 0 Å². The van der Waals surface area contributed by atoms with Crippen LogP contribution >= 0.6 is 0 Å². The second-order valence-corrected chi connectivity index (χ2v) is 9.18. The highest BCUT2D eigenvalue weighted by Gasteiger charge is 2.40. The molecule has 1 heterocycles. The van der Waals surface area contributed by atoms with Crippen LogP contribution in [-0.4, -0.2) is 53.6 Å². The average Bonchev–Trinajstić information content (AvgIpc) is 2.74. The summed E-state index contributed by atoms with van der Waals surface area (Å²) in [7, 11) is 3.05. The van der Waals surface area contributed by atoms with Crippen LogP contribution < -0.4 is 4.74 Å². The van der Waals surface area contributed by atoms with Crippen molar-refractivity contribution in [1.29, 1.82) is 0 Å². The van der Waals surface area contributed by atoms with Crippen molar-refractivity contribution in [3.63, 3.8) is 0 Å². The number of carboxylic acids is 1. The van der Waals surface area contributed by atoms with E-state index in [1.165, 1.54) is 13.1 Å². The Balaban J connectivity index is 2.60. The van der Waals surface area contributed by atoms with Crippen molar-refractivity contribution < 1.29 is 24.2 Å². The number of amides is 1. The minimum Gasteiger partial charge on any atom is -0.497 e. The predicted octanol–water partition coefficient (Wildman–Crippen LogP) is 5.36. The second-order valence-electron chi connectivity index (χ2n) is 9.18. The molecule has 7 heteroatoms. The van der Waals surface area contributed by atoms with E-state index in [1.54, 1.807) is 18.1 Å². The summed E-state index contributed by atoms with van der Waals surface area (Å²) >= 11 is 0. The lowest BCUT2D eigenvalue weighted by atomic mass is 9.83. The van der Waals surface area contributed by atoms with Crippen molar-refractivity contribution in [3.05, 3.63) is 53.6 Å². The van der Waals surface area contributed by atoms with Crippen LogP contribution in [0.2, 0.25) is 0 Å². The number of hydrogen-bond donors (Lipinski definition) is 1. The molecule has 180 valence electrons. The molecule has 7 nitrogen and oxygen atoms in total. The Labute approximate surface area is 196 Å². The Morgan fingerprint density at radius 2 is 2.00 bits per heavy atom. The van der Waals surface area contributed by atoms with Crippen LogP contribution in [-0.2, 0) is 16.0 Å². The molecule has 0 aliphatic carbocycles. The fourth-order valence-corrected chi connectivity index (χ4v) is 4.01. The number of rotatable bonds is 8. The second kappa shape index (κ2) is 11.2. The molecular weight excluding hydrogens is 420 g/mol. The molecule has 1 N–H and O–H groups in total. The quantitative estimate of drug-likeness (QED) is 0.420. The number of carboxylic acid groups (broad SMARTS) is 1. The van der Waals surface area contributed by atoms with Crippen molar-refractivity contribution in [3.8, 4) is 5.75 Å². The van der Waals surface area contributed by atoms with Crippen molar-refractivity contribution >= 4 is 17.8 Å². The fourth-order valence-electron chi connectivity index (χ4n) is 4.01. The van der Waals surface area contributed by atoms with Crippen LogP contribution in [0.3, 0.4) is 0 Å². The summed E-state index contributed by atoms with van der Waals surface area (Å²) in [5.74, 6) is -0.375. The number of carbonyl (C=O) groups is 2. The molecule has 0 saturated carbocycles. The maximum Gasteiger partial charge on any atom is 0.411 e. The number of aliphatic imine (C=N–C) groups is 1. The number of ether oxygens (including phenoxy) is 2.